The molecular weight excluding hydrogens is 326 g/mol. The summed E-state index contributed by atoms with van der Waals surface area (Å²) in [6.45, 7) is 0.976. The fourth-order valence-electron chi connectivity index (χ4n) is 2.89. The summed E-state index contributed by atoms with van der Waals surface area (Å²) in [6, 6.07) is 7.32. The van der Waals surface area contributed by atoms with Crippen molar-refractivity contribution in [2.75, 3.05) is 39.9 Å². The Morgan fingerprint density at radius 1 is 1.39 bits per heavy atom. The predicted octanol–water partition coefficient (Wildman–Crippen LogP) is 2.38. The number of hydrogen-bond acceptors (Lipinski definition) is 3. The first-order valence-electron chi connectivity index (χ1n) is 7.55. The molecule has 0 bridgehead atoms. The lowest BCUT2D eigenvalue weighted by Gasteiger charge is -2.27. The standard InChI is InChI=1S/C16H21ClF2N2O2/c1-23-7-6-21(10-15(18)19)16(22)14-9-20-8-13(14)11-2-4-12(17)5-3-11/h2-5,13-15,20H,6-10H2,1H3/t13-,14+/m0/s1. The molecular formula is C16H21ClF2N2O2. The van der Waals surface area contributed by atoms with Gasteiger partial charge in [0.1, 0.15) is 0 Å². The molecule has 1 aromatic rings. The van der Waals surface area contributed by atoms with E-state index in [4.69, 9.17) is 16.3 Å². The van der Waals surface area contributed by atoms with E-state index in [1.807, 2.05) is 12.1 Å². The van der Waals surface area contributed by atoms with E-state index >= 15 is 0 Å². The predicted molar refractivity (Wildman–Crippen MR) is 85.0 cm³/mol. The molecule has 1 N–H and O–H groups in total. The fraction of sp³-hybridized carbons (Fsp3) is 0.562. The fourth-order valence-corrected chi connectivity index (χ4v) is 3.02. The van der Waals surface area contributed by atoms with E-state index in [1.54, 1.807) is 12.1 Å². The van der Waals surface area contributed by atoms with Gasteiger partial charge in [-0.05, 0) is 17.7 Å². The SMILES string of the molecule is COCCN(CC(F)F)C(=O)[C@@H]1CNC[C@H]1c1ccc(Cl)cc1. The highest BCUT2D eigenvalue weighted by atomic mass is 35.5. The van der Waals surface area contributed by atoms with E-state index in [9.17, 15) is 13.6 Å². The molecule has 128 valence electrons. The third kappa shape index (κ3) is 4.86. The van der Waals surface area contributed by atoms with E-state index in [2.05, 4.69) is 5.32 Å². The smallest absolute Gasteiger partial charge is 0.255 e. The van der Waals surface area contributed by atoms with Crippen LogP contribution in [0.2, 0.25) is 5.02 Å². The number of nitrogens with zero attached hydrogens (tertiary/aromatic N) is 1. The van der Waals surface area contributed by atoms with Crippen molar-refractivity contribution < 1.29 is 18.3 Å². The van der Waals surface area contributed by atoms with Gasteiger partial charge in [-0.25, -0.2) is 8.78 Å². The number of carbonyl (C=O) groups is 1. The molecule has 2 atom stereocenters. The van der Waals surface area contributed by atoms with Crippen LogP contribution in [0.25, 0.3) is 0 Å². The van der Waals surface area contributed by atoms with Crippen molar-refractivity contribution in [3.05, 3.63) is 34.9 Å². The topological polar surface area (TPSA) is 41.6 Å². The molecule has 0 aliphatic carbocycles. The van der Waals surface area contributed by atoms with Gasteiger partial charge in [0.25, 0.3) is 6.43 Å². The molecule has 1 aliphatic rings. The molecule has 1 fully saturated rings. The van der Waals surface area contributed by atoms with Crippen LogP contribution in [-0.4, -0.2) is 57.1 Å². The lowest BCUT2D eigenvalue weighted by molar-refractivity contribution is -0.138. The van der Waals surface area contributed by atoms with Crippen LogP contribution in [0.1, 0.15) is 11.5 Å². The first-order chi connectivity index (χ1) is 11.0. The molecule has 1 saturated heterocycles. The lowest BCUT2D eigenvalue weighted by atomic mass is 9.88. The molecule has 0 spiro atoms. The van der Waals surface area contributed by atoms with Crippen LogP contribution in [0.15, 0.2) is 24.3 Å². The van der Waals surface area contributed by atoms with Gasteiger partial charge in [-0.1, -0.05) is 23.7 Å². The molecule has 7 heteroatoms. The molecule has 0 unspecified atom stereocenters. The van der Waals surface area contributed by atoms with Crippen LogP contribution in [-0.2, 0) is 9.53 Å². The van der Waals surface area contributed by atoms with Crippen molar-refractivity contribution in [2.45, 2.75) is 12.3 Å². The van der Waals surface area contributed by atoms with Crippen LogP contribution >= 0.6 is 11.6 Å². The van der Waals surface area contributed by atoms with E-state index in [0.717, 1.165) is 5.56 Å². The van der Waals surface area contributed by atoms with Gasteiger partial charge in [-0.3, -0.25) is 4.79 Å². The van der Waals surface area contributed by atoms with Crippen LogP contribution in [0, 0.1) is 5.92 Å². The van der Waals surface area contributed by atoms with Crippen molar-refractivity contribution in [3.8, 4) is 0 Å². The van der Waals surface area contributed by atoms with Gasteiger partial charge in [-0.2, -0.15) is 0 Å². The third-order valence-corrected chi connectivity index (χ3v) is 4.32. The number of ether oxygens (including phenoxy) is 1. The summed E-state index contributed by atoms with van der Waals surface area (Å²) in [5.74, 6) is -0.651. The van der Waals surface area contributed by atoms with Crippen molar-refractivity contribution >= 4 is 17.5 Å². The zero-order valence-electron chi connectivity index (χ0n) is 13.0. The monoisotopic (exact) mass is 346 g/mol. The summed E-state index contributed by atoms with van der Waals surface area (Å²) in [4.78, 5) is 13.9. The number of methoxy groups -OCH3 is 1. The van der Waals surface area contributed by atoms with E-state index in [1.165, 1.54) is 12.0 Å². The van der Waals surface area contributed by atoms with Crippen LogP contribution in [0.5, 0.6) is 0 Å². The van der Waals surface area contributed by atoms with Gasteiger partial charge in [0.2, 0.25) is 5.91 Å². The Kier molecular flexibility index (Phi) is 6.74. The zero-order valence-corrected chi connectivity index (χ0v) is 13.7. The largest absolute Gasteiger partial charge is 0.383 e. The molecule has 4 nitrogen and oxygen atoms in total. The van der Waals surface area contributed by atoms with E-state index < -0.39 is 13.0 Å². The number of halogens is 3. The highest BCUT2D eigenvalue weighted by Crippen LogP contribution is 2.30. The van der Waals surface area contributed by atoms with Crippen LogP contribution in [0.3, 0.4) is 0 Å². The van der Waals surface area contributed by atoms with E-state index in [-0.39, 0.29) is 30.9 Å². The van der Waals surface area contributed by atoms with Gasteiger partial charge in [0.15, 0.2) is 0 Å². The molecule has 0 radical (unpaired) electrons. The van der Waals surface area contributed by atoms with Crippen molar-refractivity contribution in [2.24, 2.45) is 5.92 Å². The minimum Gasteiger partial charge on any atom is -0.383 e. The van der Waals surface area contributed by atoms with E-state index in [0.29, 0.717) is 18.1 Å². The average molecular weight is 347 g/mol. The van der Waals surface area contributed by atoms with Gasteiger partial charge in [0.05, 0.1) is 19.1 Å². The number of rotatable bonds is 7. The Labute approximate surface area is 139 Å². The summed E-state index contributed by atoms with van der Waals surface area (Å²) < 4.78 is 30.4. The Bertz CT molecular complexity index is 513. The number of hydrogen-bond donors (Lipinski definition) is 1. The normalized spacial score (nSPS) is 20.9. The van der Waals surface area contributed by atoms with Crippen molar-refractivity contribution in [1.29, 1.82) is 0 Å². The number of nitrogens with one attached hydrogen (secondary N) is 1. The molecule has 1 aromatic carbocycles. The minimum absolute atomic E-state index is 0.0394. The average Bonchev–Trinajstić information content (AvgIpc) is 3.00. The second-order valence-electron chi connectivity index (χ2n) is 5.59. The first kappa shape index (κ1) is 18.1. The maximum atomic E-state index is 12.8. The minimum atomic E-state index is -2.56. The molecule has 1 aliphatic heterocycles. The Morgan fingerprint density at radius 3 is 2.70 bits per heavy atom. The summed E-state index contributed by atoms with van der Waals surface area (Å²) in [6.07, 6.45) is -2.56. The highest BCUT2D eigenvalue weighted by molar-refractivity contribution is 6.30. The zero-order chi connectivity index (χ0) is 16.8. The molecule has 2 rings (SSSR count). The summed E-state index contributed by atoms with van der Waals surface area (Å²) >= 11 is 5.89. The summed E-state index contributed by atoms with van der Waals surface area (Å²) in [7, 11) is 1.48. The number of alkyl halides is 2. The van der Waals surface area contributed by atoms with Crippen LogP contribution < -0.4 is 5.32 Å². The number of carbonyl (C=O) groups excluding carboxylic acids is 1. The molecule has 23 heavy (non-hydrogen) atoms. The first-order valence-corrected chi connectivity index (χ1v) is 7.92. The summed E-state index contributed by atoms with van der Waals surface area (Å²) in [5, 5.41) is 3.81. The van der Waals surface area contributed by atoms with Crippen molar-refractivity contribution in [3.63, 3.8) is 0 Å². The Morgan fingerprint density at radius 2 is 2.09 bits per heavy atom. The number of benzene rings is 1. The van der Waals surface area contributed by atoms with Gasteiger partial charge >= 0.3 is 0 Å². The van der Waals surface area contributed by atoms with Crippen LogP contribution in [0.4, 0.5) is 8.78 Å². The highest BCUT2D eigenvalue weighted by Gasteiger charge is 2.36. The molecule has 1 heterocycles. The van der Waals surface area contributed by atoms with Gasteiger partial charge < -0.3 is 15.0 Å². The molecule has 0 saturated carbocycles. The van der Waals surface area contributed by atoms with Gasteiger partial charge in [-0.15, -0.1) is 0 Å². The second-order valence-corrected chi connectivity index (χ2v) is 6.03. The van der Waals surface area contributed by atoms with Crippen molar-refractivity contribution in [1.82, 2.24) is 10.2 Å². The maximum Gasteiger partial charge on any atom is 0.255 e. The van der Waals surface area contributed by atoms with Gasteiger partial charge in [0, 0.05) is 37.7 Å². The second kappa shape index (κ2) is 8.57. The molecule has 1 amide bonds. The third-order valence-electron chi connectivity index (χ3n) is 4.06. The Balaban J connectivity index is 2.12. The maximum absolute atomic E-state index is 12.8. The quantitative estimate of drug-likeness (QED) is 0.824. The molecule has 0 aromatic heterocycles. The Hall–Kier alpha value is -1.24. The summed E-state index contributed by atoms with van der Waals surface area (Å²) in [5.41, 5.74) is 0.987. The lowest BCUT2D eigenvalue weighted by Crippen LogP contribution is -2.43. The number of amides is 1.